The topological polar surface area (TPSA) is 79.5 Å². The minimum atomic E-state index is -3.55. The van der Waals surface area contributed by atoms with Gasteiger partial charge in [0.25, 0.3) is 0 Å². The van der Waals surface area contributed by atoms with Crippen LogP contribution in [0, 0.1) is 0 Å². The summed E-state index contributed by atoms with van der Waals surface area (Å²) >= 11 is 0. The summed E-state index contributed by atoms with van der Waals surface area (Å²) in [6, 6.07) is 10.2. The fourth-order valence-corrected chi connectivity index (χ4v) is 3.21. The zero-order chi connectivity index (χ0) is 16.0. The first kappa shape index (κ1) is 16.7. The first-order valence-corrected chi connectivity index (χ1v) is 8.81. The Hall–Kier alpha value is -1.63. The minimum Gasteiger partial charge on any atom is -0.467 e. The Morgan fingerprint density at radius 3 is 2.55 bits per heavy atom. The number of aryl methyl sites for hydroxylation is 1. The Labute approximate surface area is 131 Å². The number of sulfonamides is 1. The molecule has 5 nitrogen and oxygen atoms in total. The van der Waals surface area contributed by atoms with Crippen LogP contribution in [0.1, 0.15) is 37.2 Å². The van der Waals surface area contributed by atoms with Gasteiger partial charge in [0, 0.05) is 6.54 Å². The van der Waals surface area contributed by atoms with E-state index in [9.17, 15) is 13.5 Å². The summed E-state index contributed by atoms with van der Waals surface area (Å²) in [6.45, 7) is 2.22. The van der Waals surface area contributed by atoms with Crippen molar-refractivity contribution in [2.45, 2.75) is 37.2 Å². The van der Waals surface area contributed by atoms with Crippen LogP contribution in [-0.4, -0.2) is 20.1 Å². The van der Waals surface area contributed by atoms with Gasteiger partial charge in [-0.25, -0.2) is 13.1 Å². The third kappa shape index (κ3) is 4.43. The molecule has 0 aliphatic carbocycles. The fourth-order valence-electron chi connectivity index (χ4n) is 2.16. The van der Waals surface area contributed by atoms with Gasteiger partial charge in [0.2, 0.25) is 10.0 Å². The molecule has 0 radical (unpaired) electrons. The molecule has 0 saturated heterocycles. The molecule has 0 aliphatic rings. The maximum absolute atomic E-state index is 12.2. The van der Waals surface area contributed by atoms with Gasteiger partial charge in [0.05, 0.1) is 11.2 Å². The zero-order valence-electron chi connectivity index (χ0n) is 12.5. The maximum Gasteiger partial charge on any atom is 0.240 e. The molecule has 2 aromatic rings. The van der Waals surface area contributed by atoms with E-state index in [0.29, 0.717) is 5.76 Å². The Balaban J connectivity index is 1.90. The van der Waals surface area contributed by atoms with Gasteiger partial charge in [0.15, 0.2) is 0 Å². The molecule has 2 N–H and O–H groups in total. The molecule has 22 heavy (non-hydrogen) atoms. The van der Waals surface area contributed by atoms with E-state index in [1.165, 1.54) is 6.26 Å². The average Bonchev–Trinajstić information content (AvgIpc) is 3.02. The van der Waals surface area contributed by atoms with Crippen LogP contribution in [0.4, 0.5) is 0 Å². The molecule has 1 atom stereocenters. The molecule has 6 heteroatoms. The number of rotatable bonds is 8. The SMILES string of the molecule is CCCc1ccc(S(=O)(=O)NCCC(O)c2ccco2)cc1. The van der Waals surface area contributed by atoms with Crippen molar-refractivity contribution in [1.29, 1.82) is 0 Å². The lowest BCUT2D eigenvalue weighted by Gasteiger charge is -2.10. The van der Waals surface area contributed by atoms with Crippen LogP contribution in [0.5, 0.6) is 0 Å². The number of aliphatic hydroxyl groups is 1. The molecule has 1 aromatic carbocycles. The predicted molar refractivity (Wildman–Crippen MR) is 83.9 cm³/mol. The molecule has 2 rings (SSSR count). The summed E-state index contributed by atoms with van der Waals surface area (Å²) < 4.78 is 31.9. The molecule has 1 unspecified atom stereocenters. The lowest BCUT2D eigenvalue weighted by atomic mass is 10.1. The predicted octanol–water partition coefficient (Wildman–Crippen LogP) is 2.63. The number of furan rings is 1. The minimum absolute atomic E-state index is 0.140. The van der Waals surface area contributed by atoms with E-state index in [1.807, 2.05) is 12.1 Å². The van der Waals surface area contributed by atoms with Gasteiger partial charge >= 0.3 is 0 Å². The van der Waals surface area contributed by atoms with E-state index >= 15 is 0 Å². The van der Waals surface area contributed by atoms with E-state index < -0.39 is 16.1 Å². The van der Waals surface area contributed by atoms with Crippen molar-refractivity contribution in [1.82, 2.24) is 4.72 Å². The van der Waals surface area contributed by atoms with Gasteiger partial charge in [-0.1, -0.05) is 25.5 Å². The first-order valence-electron chi connectivity index (χ1n) is 7.33. The first-order chi connectivity index (χ1) is 10.5. The molecular weight excluding hydrogens is 302 g/mol. The standard InChI is InChI=1S/C16H21NO4S/c1-2-4-13-6-8-14(9-7-13)22(19,20)17-11-10-15(18)16-5-3-12-21-16/h3,5-9,12,15,17-18H,2,4,10-11H2,1H3. The fraction of sp³-hybridized carbons (Fsp3) is 0.375. The van der Waals surface area contributed by atoms with Crippen LogP contribution in [0.2, 0.25) is 0 Å². The number of benzene rings is 1. The van der Waals surface area contributed by atoms with Crippen LogP contribution in [0.25, 0.3) is 0 Å². The second-order valence-electron chi connectivity index (χ2n) is 5.11. The largest absolute Gasteiger partial charge is 0.467 e. The molecule has 0 amide bonds. The van der Waals surface area contributed by atoms with Gasteiger partial charge < -0.3 is 9.52 Å². The molecule has 0 aliphatic heterocycles. The Kier molecular flexibility index (Phi) is 5.76. The third-order valence-electron chi connectivity index (χ3n) is 3.35. The van der Waals surface area contributed by atoms with Gasteiger partial charge in [-0.15, -0.1) is 0 Å². The van der Waals surface area contributed by atoms with Crippen LogP contribution < -0.4 is 4.72 Å². The number of hydrogen-bond donors (Lipinski definition) is 2. The van der Waals surface area contributed by atoms with Gasteiger partial charge in [-0.3, -0.25) is 0 Å². The number of aliphatic hydroxyl groups excluding tert-OH is 1. The zero-order valence-corrected chi connectivity index (χ0v) is 13.3. The summed E-state index contributed by atoms with van der Waals surface area (Å²) in [7, 11) is -3.55. The van der Waals surface area contributed by atoms with Crippen molar-refractivity contribution < 1.29 is 17.9 Å². The molecular formula is C16H21NO4S. The van der Waals surface area contributed by atoms with Crippen molar-refractivity contribution in [3.8, 4) is 0 Å². The van der Waals surface area contributed by atoms with E-state index in [1.54, 1.807) is 24.3 Å². The molecule has 1 heterocycles. The van der Waals surface area contributed by atoms with Crippen LogP contribution in [0.15, 0.2) is 52.0 Å². The maximum atomic E-state index is 12.2. The molecule has 120 valence electrons. The smallest absolute Gasteiger partial charge is 0.240 e. The monoisotopic (exact) mass is 323 g/mol. The van der Waals surface area contributed by atoms with Crippen molar-refractivity contribution in [3.63, 3.8) is 0 Å². The van der Waals surface area contributed by atoms with Crippen LogP contribution >= 0.6 is 0 Å². The van der Waals surface area contributed by atoms with Gasteiger partial charge in [-0.2, -0.15) is 0 Å². The summed E-state index contributed by atoms with van der Waals surface area (Å²) in [4.78, 5) is 0.236. The second kappa shape index (κ2) is 7.58. The lowest BCUT2D eigenvalue weighted by Crippen LogP contribution is -2.25. The summed E-state index contributed by atoms with van der Waals surface area (Å²) in [5.41, 5.74) is 1.12. The molecule has 0 saturated carbocycles. The summed E-state index contributed by atoms with van der Waals surface area (Å²) in [6.07, 6.45) is 2.86. The highest BCUT2D eigenvalue weighted by Gasteiger charge is 2.15. The molecule has 0 fully saturated rings. The quantitative estimate of drug-likeness (QED) is 0.782. The Morgan fingerprint density at radius 2 is 1.95 bits per heavy atom. The third-order valence-corrected chi connectivity index (χ3v) is 4.83. The molecule has 0 spiro atoms. The van der Waals surface area contributed by atoms with E-state index in [-0.39, 0.29) is 17.9 Å². The van der Waals surface area contributed by atoms with Crippen LogP contribution in [0.3, 0.4) is 0 Å². The lowest BCUT2D eigenvalue weighted by molar-refractivity contribution is 0.142. The van der Waals surface area contributed by atoms with Crippen molar-refractivity contribution >= 4 is 10.0 Å². The van der Waals surface area contributed by atoms with Crippen molar-refractivity contribution in [3.05, 3.63) is 54.0 Å². The van der Waals surface area contributed by atoms with Crippen LogP contribution in [-0.2, 0) is 16.4 Å². The van der Waals surface area contributed by atoms with E-state index in [0.717, 1.165) is 18.4 Å². The molecule has 0 bridgehead atoms. The van der Waals surface area contributed by atoms with Crippen molar-refractivity contribution in [2.75, 3.05) is 6.54 Å². The second-order valence-corrected chi connectivity index (χ2v) is 6.88. The highest BCUT2D eigenvalue weighted by molar-refractivity contribution is 7.89. The summed E-state index contributed by atoms with van der Waals surface area (Å²) in [5.74, 6) is 0.433. The Morgan fingerprint density at radius 1 is 1.23 bits per heavy atom. The Bertz CT molecular complexity index is 663. The summed E-state index contributed by atoms with van der Waals surface area (Å²) in [5, 5.41) is 9.84. The highest BCUT2D eigenvalue weighted by Crippen LogP contribution is 2.17. The normalized spacial score (nSPS) is 13.2. The number of hydrogen-bond acceptors (Lipinski definition) is 4. The van der Waals surface area contributed by atoms with E-state index in [2.05, 4.69) is 11.6 Å². The van der Waals surface area contributed by atoms with E-state index in [4.69, 9.17) is 4.42 Å². The average molecular weight is 323 g/mol. The highest BCUT2D eigenvalue weighted by atomic mass is 32.2. The van der Waals surface area contributed by atoms with Gasteiger partial charge in [-0.05, 0) is 42.7 Å². The van der Waals surface area contributed by atoms with Gasteiger partial charge in [0.1, 0.15) is 11.9 Å². The van der Waals surface area contributed by atoms with Crippen molar-refractivity contribution in [2.24, 2.45) is 0 Å². The molecule has 1 aromatic heterocycles. The number of nitrogens with one attached hydrogen (secondary N) is 1.